The Labute approximate surface area is 145 Å². The number of anilines is 1. The number of ether oxygens (including phenoxy) is 1. The van der Waals surface area contributed by atoms with Crippen LogP contribution < -0.4 is 5.32 Å². The monoisotopic (exact) mass is 357 g/mol. The van der Waals surface area contributed by atoms with Crippen molar-refractivity contribution in [1.82, 2.24) is 4.98 Å². The first-order valence-electron chi connectivity index (χ1n) is 7.43. The summed E-state index contributed by atoms with van der Waals surface area (Å²) >= 11 is 0. The summed E-state index contributed by atoms with van der Waals surface area (Å²) < 4.78 is 18.6. The standard InChI is InChI=1S/C17H12FN3O5/c18-13-6-5-10(21(24)25)7-15(13)20-16(22)9-26-17(23)12-8-19-14-4-2-1-3-11(12)14/h1-8,19H,9H2,(H,20,22). The lowest BCUT2D eigenvalue weighted by Crippen LogP contribution is -2.21. The summed E-state index contributed by atoms with van der Waals surface area (Å²) in [6.07, 6.45) is 1.46. The predicted octanol–water partition coefficient (Wildman–Crippen LogP) is 3.01. The Morgan fingerprint density at radius 2 is 2.00 bits per heavy atom. The number of nitro benzene ring substituents is 1. The van der Waals surface area contributed by atoms with Gasteiger partial charge in [-0.25, -0.2) is 9.18 Å². The second-order valence-electron chi connectivity index (χ2n) is 5.29. The number of aromatic nitrogens is 1. The van der Waals surface area contributed by atoms with E-state index in [9.17, 15) is 24.1 Å². The summed E-state index contributed by atoms with van der Waals surface area (Å²) in [6, 6.07) is 9.78. The molecule has 0 fully saturated rings. The molecule has 1 heterocycles. The van der Waals surface area contributed by atoms with Crippen molar-refractivity contribution in [2.24, 2.45) is 0 Å². The van der Waals surface area contributed by atoms with Crippen molar-refractivity contribution < 1.29 is 23.6 Å². The molecule has 0 spiro atoms. The number of esters is 1. The minimum absolute atomic E-state index is 0.259. The number of carbonyl (C=O) groups excluding carboxylic acids is 2. The number of aromatic amines is 1. The Morgan fingerprint density at radius 1 is 1.23 bits per heavy atom. The molecule has 0 bridgehead atoms. The van der Waals surface area contributed by atoms with Crippen LogP contribution >= 0.6 is 0 Å². The van der Waals surface area contributed by atoms with E-state index >= 15 is 0 Å². The molecule has 8 nitrogen and oxygen atoms in total. The van der Waals surface area contributed by atoms with Gasteiger partial charge < -0.3 is 15.0 Å². The van der Waals surface area contributed by atoms with Crippen LogP contribution in [0.3, 0.4) is 0 Å². The number of hydrogen-bond donors (Lipinski definition) is 2. The van der Waals surface area contributed by atoms with Crippen molar-refractivity contribution in [3.8, 4) is 0 Å². The first kappa shape index (κ1) is 17.1. The van der Waals surface area contributed by atoms with Crippen molar-refractivity contribution in [2.45, 2.75) is 0 Å². The average Bonchev–Trinajstić information content (AvgIpc) is 3.05. The fraction of sp³-hybridized carbons (Fsp3) is 0.0588. The third kappa shape index (κ3) is 3.51. The van der Waals surface area contributed by atoms with E-state index in [0.717, 1.165) is 23.7 Å². The van der Waals surface area contributed by atoms with Crippen molar-refractivity contribution in [1.29, 1.82) is 0 Å². The maximum Gasteiger partial charge on any atom is 0.340 e. The van der Waals surface area contributed by atoms with Crippen LogP contribution in [0, 0.1) is 15.9 Å². The fourth-order valence-electron chi connectivity index (χ4n) is 2.36. The van der Waals surface area contributed by atoms with Gasteiger partial charge in [0.1, 0.15) is 5.82 Å². The first-order chi connectivity index (χ1) is 12.5. The molecule has 2 aromatic carbocycles. The lowest BCUT2D eigenvalue weighted by atomic mass is 10.2. The topological polar surface area (TPSA) is 114 Å². The summed E-state index contributed by atoms with van der Waals surface area (Å²) in [7, 11) is 0. The highest BCUT2D eigenvalue weighted by molar-refractivity contribution is 6.05. The van der Waals surface area contributed by atoms with Crippen LogP contribution in [0.1, 0.15) is 10.4 Å². The van der Waals surface area contributed by atoms with Crippen molar-refractivity contribution in [3.63, 3.8) is 0 Å². The molecule has 1 amide bonds. The van der Waals surface area contributed by atoms with E-state index in [1.54, 1.807) is 24.3 Å². The highest BCUT2D eigenvalue weighted by Gasteiger charge is 2.17. The van der Waals surface area contributed by atoms with E-state index in [4.69, 9.17) is 4.74 Å². The molecule has 2 N–H and O–H groups in total. The zero-order chi connectivity index (χ0) is 18.7. The maximum absolute atomic E-state index is 13.6. The molecule has 9 heteroatoms. The molecule has 3 aromatic rings. The van der Waals surface area contributed by atoms with Crippen LogP contribution in [0.15, 0.2) is 48.7 Å². The lowest BCUT2D eigenvalue weighted by Gasteiger charge is -2.07. The van der Waals surface area contributed by atoms with Crippen LogP contribution in [-0.4, -0.2) is 28.4 Å². The SMILES string of the molecule is O=C(COC(=O)c1c[nH]c2ccccc12)Nc1cc([N+](=O)[O-])ccc1F. The van der Waals surface area contributed by atoms with Gasteiger partial charge in [-0.1, -0.05) is 18.2 Å². The molecule has 0 saturated heterocycles. The molecule has 0 aliphatic heterocycles. The summed E-state index contributed by atoms with van der Waals surface area (Å²) in [4.78, 5) is 36.8. The van der Waals surface area contributed by atoms with Crippen molar-refractivity contribution in [3.05, 3.63) is 70.2 Å². The Morgan fingerprint density at radius 3 is 2.77 bits per heavy atom. The summed E-state index contributed by atoms with van der Waals surface area (Å²) in [6.45, 7) is -0.666. The molecule has 3 rings (SSSR count). The van der Waals surface area contributed by atoms with Gasteiger partial charge in [0, 0.05) is 29.2 Å². The fourth-order valence-corrected chi connectivity index (χ4v) is 2.36. The minimum Gasteiger partial charge on any atom is -0.452 e. The van der Waals surface area contributed by atoms with Gasteiger partial charge in [0.15, 0.2) is 6.61 Å². The minimum atomic E-state index is -0.841. The molecule has 0 saturated carbocycles. The van der Waals surface area contributed by atoms with E-state index in [1.807, 2.05) is 0 Å². The summed E-state index contributed by atoms with van der Waals surface area (Å²) in [5.74, 6) is -2.39. The number of para-hydroxylation sites is 1. The lowest BCUT2D eigenvalue weighted by molar-refractivity contribution is -0.384. The number of nitrogens with zero attached hydrogens (tertiary/aromatic N) is 1. The van der Waals surface area contributed by atoms with E-state index in [0.29, 0.717) is 5.39 Å². The number of rotatable bonds is 5. The molecule has 0 aliphatic carbocycles. The number of nitrogens with one attached hydrogen (secondary N) is 2. The van der Waals surface area contributed by atoms with Crippen LogP contribution in [0.4, 0.5) is 15.8 Å². The Balaban J connectivity index is 1.65. The van der Waals surface area contributed by atoms with Gasteiger partial charge in [-0.3, -0.25) is 14.9 Å². The number of halogens is 1. The molecular weight excluding hydrogens is 345 g/mol. The molecule has 26 heavy (non-hydrogen) atoms. The number of non-ortho nitro benzene ring substituents is 1. The smallest absolute Gasteiger partial charge is 0.340 e. The van der Waals surface area contributed by atoms with Gasteiger partial charge in [-0.2, -0.15) is 0 Å². The maximum atomic E-state index is 13.6. The summed E-state index contributed by atoms with van der Waals surface area (Å²) in [5.41, 5.74) is 0.252. The molecule has 0 unspecified atom stereocenters. The van der Waals surface area contributed by atoms with E-state index in [2.05, 4.69) is 10.3 Å². The number of hydrogen-bond acceptors (Lipinski definition) is 5. The van der Waals surface area contributed by atoms with Crippen molar-refractivity contribution in [2.75, 3.05) is 11.9 Å². The van der Waals surface area contributed by atoms with E-state index < -0.39 is 29.2 Å². The second-order valence-corrected chi connectivity index (χ2v) is 5.29. The Hall–Kier alpha value is -3.75. The Kier molecular flexibility index (Phi) is 4.61. The van der Waals surface area contributed by atoms with Crippen LogP contribution in [0.2, 0.25) is 0 Å². The van der Waals surface area contributed by atoms with Gasteiger partial charge >= 0.3 is 5.97 Å². The number of amides is 1. The number of benzene rings is 2. The Bertz CT molecular complexity index is 1010. The van der Waals surface area contributed by atoms with E-state index in [1.165, 1.54) is 6.20 Å². The number of H-pyrrole nitrogens is 1. The molecule has 0 aliphatic rings. The largest absolute Gasteiger partial charge is 0.452 e. The van der Waals surface area contributed by atoms with Gasteiger partial charge in [-0.05, 0) is 12.1 Å². The zero-order valence-electron chi connectivity index (χ0n) is 13.2. The quantitative estimate of drug-likeness (QED) is 0.414. The van der Waals surface area contributed by atoms with Gasteiger partial charge in [-0.15, -0.1) is 0 Å². The molecule has 0 atom stereocenters. The number of carbonyl (C=O) groups is 2. The average molecular weight is 357 g/mol. The molecular formula is C17H12FN3O5. The van der Waals surface area contributed by atoms with Crippen LogP contribution in [-0.2, 0) is 9.53 Å². The van der Waals surface area contributed by atoms with Gasteiger partial charge in [0.05, 0.1) is 16.2 Å². The second kappa shape index (κ2) is 7.01. The number of nitro groups is 1. The highest BCUT2D eigenvalue weighted by Crippen LogP contribution is 2.21. The molecule has 0 radical (unpaired) electrons. The van der Waals surface area contributed by atoms with Crippen molar-refractivity contribution >= 4 is 34.2 Å². The third-order valence-electron chi connectivity index (χ3n) is 3.58. The third-order valence-corrected chi connectivity index (χ3v) is 3.58. The summed E-state index contributed by atoms with van der Waals surface area (Å²) in [5, 5.41) is 13.5. The highest BCUT2D eigenvalue weighted by atomic mass is 19.1. The van der Waals surface area contributed by atoms with Crippen LogP contribution in [0.5, 0.6) is 0 Å². The molecule has 132 valence electrons. The van der Waals surface area contributed by atoms with Gasteiger partial charge in [0.25, 0.3) is 11.6 Å². The van der Waals surface area contributed by atoms with Gasteiger partial charge in [0.2, 0.25) is 0 Å². The predicted molar refractivity (Wildman–Crippen MR) is 90.3 cm³/mol. The van der Waals surface area contributed by atoms with E-state index in [-0.39, 0.29) is 16.9 Å². The number of fused-ring (bicyclic) bond motifs is 1. The van der Waals surface area contributed by atoms with Crippen LogP contribution in [0.25, 0.3) is 10.9 Å². The molecule has 1 aromatic heterocycles. The normalized spacial score (nSPS) is 10.5. The zero-order valence-corrected chi connectivity index (χ0v) is 13.2. The first-order valence-corrected chi connectivity index (χ1v) is 7.43.